The first kappa shape index (κ1) is 16.3. The minimum absolute atomic E-state index is 0.117. The summed E-state index contributed by atoms with van der Waals surface area (Å²) in [5, 5.41) is 3.71. The van der Waals surface area contributed by atoms with Gasteiger partial charge in [0.25, 0.3) is 0 Å². The maximum absolute atomic E-state index is 12.0. The van der Waals surface area contributed by atoms with E-state index in [1.165, 1.54) is 25.7 Å². The summed E-state index contributed by atoms with van der Waals surface area (Å²) >= 11 is 3.46. The zero-order valence-corrected chi connectivity index (χ0v) is 14.2. The second kappa shape index (κ2) is 8.42. The van der Waals surface area contributed by atoms with Crippen LogP contribution >= 0.6 is 15.9 Å². The monoisotopic (exact) mass is 353 g/mol. The van der Waals surface area contributed by atoms with E-state index in [0.29, 0.717) is 18.4 Å². The molecule has 1 aliphatic carbocycles. The molecule has 116 valence electrons. The van der Waals surface area contributed by atoms with Crippen molar-refractivity contribution < 1.29 is 9.53 Å². The highest BCUT2D eigenvalue weighted by Gasteiger charge is 2.16. The number of hydrogen-bond donors (Lipinski definition) is 1. The fourth-order valence-corrected chi connectivity index (χ4v) is 3.35. The SMILES string of the molecule is CCOc1ccc(NC(=O)CCC2CCCC2)cc1CBr. The van der Waals surface area contributed by atoms with Crippen LogP contribution in [0.3, 0.4) is 0 Å². The zero-order chi connectivity index (χ0) is 15.1. The molecule has 0 bridgehead atoms. The predicted molar refractivity (Wildman–Crippen MR) is 90.1 cm³/mol. The van der Waals surface area contributed by atoms with Crippen molar-refractivity contribution in [3.05, 3.63) is 23.8 Å². The van der Waals surface area contributed by atoms with Crippen LogP contribution in [0.15, 0.2) is 18.2 Å². The van der Waals surface area contributed by atoms with Gasteiger partial charge in [0, 0.05) is 23.0 Å². The lowest BCUT2D eigenvalue weighted by Crippen LogP contribution is -2.13. The van der Waals surface area contributed by atoms with Gasteiger partial charge < -0.3 is 10.1 Å². The molecule has 1 N–H and O–H groups in total. The molecule has 0 heterocycles. The third kappa shape index (κ3) is 5.03. The summed E-state index contributed by atoms with van der Waals surface area (Å²) in [6, 6.07) is 5.81. The number of anilines is 1. The first-order valence-corrected chi connectivity index (χ1v) is 8.96. The summed E-state index contributed by atoms with van der Waals surface area (Å²) in [6.07, 6.45) is 6.91. The average molecular weight is 354 g/mol. The van der Waals surface area contributed by atoms with E-state index in [9.17, 15) is 4.79 Å². The smallest absolute Gasteiger partial charge is 0.224 e. The Kier molecular flexibility index (Phi) is 6.55. The Balaban J connectivity index is 1.87. The van der Waals surface area contributed by atoms with Gasteiger partial charge >= 0.3 is 0 Å². The third-order valence-electron chi connectivity index (χ3n) is 4.04. The summed E-state index contributed by atoms with van der Waals surface area (Å²) in [7, 11) is 0. The standard InChI is InChI=1S/C17H24BrNO2/c1-2-21-16-9-8-15(11-14(16)12-18)19-17(20)10-7-13-5-3-4-6-13/h8-9,11,13H,2-7,10,12H2,1H3,(H,19,20). The summed E-state index contributed by atoms with van der Waals surface area (Å²) in [6.45, 7) is 2.61. The van der Waals surface area contributed by atoms with Gasteiger partial charge in [-0.2, -0.15) is 0 Å². The quantitative estimate of drug-likeness (QED) is 0.708. The van der Waals surface area contributed by atoms with Crippen molar-refractivity contribution in [1.82, 2.24) is 0 Å². The molecule has 1 aliphatic rings. The second-order valence-corrected chi connectivity index (χ2v) is 6.19. The maximum Gasteiger partial charge on any atom is 0.224 e. The summed E-state index contributed by atoms with van der Waals surface area (Å²) in [5.74, 6) is 1.75. The number of nitrogens with one attached hydrogen (secondary N) is 1. The molecule has 0 unspecified atom stereocenters. The second-order valence-electron chi connectivity index (χ2n) is 5.63. The molecule has 0 radical (unpaired) electrons. The molecule has 1 aromatic carbocycles. The molecule has 0 aliphatic heterocycles. The number of rotatable bonds is 7. The van der Waals surface area contributed by atoms with Crippen LogP contribution in [0.25, 0.3) is 0 Å². The van der Waals surface area contributed by atoms with Crippen LogP contribution in [-0.2, 0) is 10.1 Å². The molecule has 1 amide bonds. The molecule has 3 nitrogen and oxygen atoms in total. The predicted octanol–water partition coefficient (Wildman–Crippen LogP) is 4.89. The number of alkyl halides is 1. The fraction of sp³-hybridized carbons (Fsp3) is 0.588. The first-order valence-electron chi connectivity index (χ1n) is 7.84. The number of halogens is 1. The van der Waals surface area contributed by atoms with Crippen molar-refractivity contribution in [3.63, 3.8) is 0 Å². The van der Waals surface area contributed by atoms with Gasteiger partial charge in [0.05, 0.1) is 6.61 Å². The van der Waals surface area contributed by atoms with Gasteiger partial charge in [-0.3, -0.25) is 4.79 Å². The van der Waals surface area contributed by atoms with Crippen LogP contribution < -0.4 is 10.1 Å². The van der Waals surface area contributed by atoms with Gasteiger partial charge in [-0.05, 0) is 37.5 Å². The van der Waals surface area contributed by atoms with Gasteiger partial charge in [0.2, 0.25) is 5.91 Å². The highest BCUT2D eigenvalue weighted by molar-refractivity contribution is 9.08. The fourth-order valence-electron chi connectivity index (χ4n) is 2.92. The van der Waals surface area contributed by atoms with Gasteiger partial charge in [-0.25, -0.2) is 0 Å². The molecule has 4 heteroatoms. The molecule has 1 fully saturated rings. The summed E-state index contributed by atoms with van der Waals surface area (Å²) in [5.41, 5.74) is 1.91. The lowest BCUT2D eigenvalue weighted by atomic mass is 10.0. The van der Waals surface area contributed by atoms with Gasteiger partial charge in [-0.15, -0.1) is 0 Å². The molecule has 21 heavy (non-hydrogen) atoms. The number of carbonyl (C=O) groups is 1. The Labute approximate surface area is 135 Å². The van der Waals surface area contributed by atoms with E-state index >= 15 is 0 Å². The maximum atomic E-state index is 12.0. The molecule has 0 aromatic heterocycles. The Morgan fingerprint density at radius 3 is 2.81 bits per heavy atom. The highest BCUT2D eigenvalue weighted by Crippen LogP contribution is 2.29. The highest BCUT2D eigenvalue weighted by atomic mass is 79.9. The molecule has 0 saturated heterocycles. The van der Waals surface area contributed by atoms with E-state index in [-0.39, 0.29) is 5.91 Å². The third-order valence-corrected chi connectivity index (χ3v) is 4.65. The molecular formula is C17H24BrNO2. The largest absolute Gasteiger partial charge is 0.494 e. The molecular weight excluding hydrogens is 330 g/mol. The van der Waals surface area contributed by atoms with E-state index in [2.05, 4.69) is 21.2 Å². The minimum atomic E-state index is 0.117. The van der Waals surface area contributed by atoms with Crippen LogP contribution in [0.5, 0.6) is 5.75 Å². The van der Waals surface area contributed by atoms with E-state index in [1.807, 2.05) is 25.1 Å². The minimum Gasteiger partial charge on any atom is -0.494 e. The lowest BCUT2D eigenvalue weighted by Gasteiger charge is -2.12. The first-order chi connectivity index (χ1) is 10.2. The van der Waals surface area contributed by atoms with Crippen LogP contribution in [-0.4, -0.2) is 12.5 Å². The molecule has 1 aromatic rings. The molecule has 0 spiro atoms. The number of ether oxygens (including phenoxy) is 1. The zero-order valence-electron chi connectivity index (χ0n) is 12.7. The molecule has 2 rings (SSSR count). The Morgan fingerprint density at radius 2 is 2.14 bits per heavy atom. The van der Waals surface area contributed by atoms with E-state index in [4.69, 9.17) is 4.74 Å². The van der Waals surface area contributed by atoms with Crippen molar-refractivity contribution >= 4 is 27.5 Å². The normalized spacial score (nSPS) is 15.1. The van der Waals surface area contributed by atoms with Gasteiger partial charge in [-0.1, -0.05) is 41.6 Å². The van der Waals surface area contributed by atoms with Crippen molar-refractivity contribution in [2.45, 2.75) is 50.8 Å². The Hall–Kier alpha value is -1.03. The number of carbonyl (C=O) groups excluding carboxylic acids is 1. The Bertz CT molecular complexity index is 470. The number of amides is 1. The van der Waals surface area contributed by atoms with Crippen LogP contribution in [0, 0.1) is 5.92 Å². The van der Waals surface area contributed by atoms with E-state index in [0.717, 1.165) is 29.3 Å². The summed E-state index contributed by atoms with van der Waals surface area (Å²) < 4.78 is 5.56. The van der Waals surface area contributed by atoms with Gasteiger partial charge in [0.1, 0.15) is 5.75 Å². The van der Waals surface area contributed by atoms with Crippen molar-refractivity contribution in [3.8, 4) is 5.75 Å². The average Bonchev–Trinajstić information content (AvgIpc) is 3.00. The van der Waals surface area contributed by atoms with Crippen molar-refractivity contribution in [2.75, 3.05) is 11.9 Å². The molecule has 0 atom stereocenters. The van der Waals surface area contributed by atoms with Crippen LogP contribution in [0.2, 0.25) is 0 Å². The Morgan fingerprint density at radius 1 is 1.38 bits per heavy atom. The van der Waals surface area contributed by atoms with E-state index < -0.39 is 0 Å². The van der Waals surface area contributed by atoms with Crippen molar-refractivity contribution in [2.24, 2.45) is 5.92 Å². The van der Waals surface area contributed by atoms with Crippen molar-refractivity contribution in [1.29, 1.82) is 0 Å². The lowest BCUT2D eigenvalue weighted by molar-refractivity contribution is -0.116. The number of benzene rings is 1. The van der Waals surface area contributed by atoms with Crippen LogP contribution in [0.1, 0.15) is 51.0 Å². The molecule has 1 saturated carbocycles. The topological polar surface area (TPSA) is 38.3 Å². The van der Waals surface area contributed by atoms with E-state index in [1.54, 1.807) is 0 Å². The van der Waals surface area contributed by atoms with Crippen LogP contribution in [0.4, 0.5) is 5.69 Å². The van der Waals surface area contributed by atoms with Gasteiger partial charge in [0.15, 0.2) is 0 Å². The number of hydrogen-bond acceptors (Lipinski definition) is 2. The summed E-state index contributed by atoms with van der Waals surface area (Å²) in [4.78, 5) is 12.0.